The van der Waals surface area contributed by atoms with E-state index in [9.17, 15) is 9.59 Å². The first kappa shape index (κ1) is 15.3. The van der Waals surface area contributed by atoms with Gasteiger partial charge < -0.3 is 10.2 Å². The third kappa shape index (κ3) is 3.42. The fraction of sp³-hybridized carbons (Fsp3) is 0.263. The zero-order valence-corrected chi connectivity index (χ0v) is 13.2. The average Bonchev–Trinajstić information content (AvgIpc) is 2.59. The van der Waals surface area contributed by atoms with Gasteiger partial charge in [-0.2, -0.15) is 0 Å². The fourth-order valence-electron chi connectivity index (χ4n) is 2.94. The van der Waals surface area contributed by atoms with Crippen LogP contribution >= 0.6 is 0 Å². The van der Waals surface area contributed by atoms with Gasteiger partial charge in [0.25, 0.3) is 5.91 Å². The Morgan fingerprint density at radius 2 is 1.78 bits per heavy atom. The van der Waals surface area contributed by atoms with E-state index in [2.05, 4.69) is 5.32 Å². The smallest absolute Gasteiger partial charge is 0.252 e. The van der Waals surface area contributed by atoms with Crippen molar-refractivity contribution < 1.29 is 9.59 Å². The highest BCUT2D eigenvalue weighted by atomic mass is 16.2. The number of piperidine rings is 1. The first-order valence-electron chi connectivity index (χ1n) is 7.84. The normalized spacial score (nSPS) is 17.9. The van der Waals surface area contributed by atoms with Gasteiger partial charge in [-0.3, -0.25) is 9.59 Å². The van der Waals surface area contributed by atoms with Crippen LogP contribution < -0.4 is 5.32 Å². The maximum absolute atomic E-state index is 12.7. The van der Waals surface area contributed by atoms with Gasteiger partial charge in [-0.1, -0.05) is 48.5 Å². The van der Waals surface area contributed by atoms with E-state index in [-0.39, 0.29) is 17.9 Å². The van der Waals surface area contributed by atoms with Crippen molar-refractivity contribution in [2.75, 3.05) is 13.6 Å². The first-order chi connectivity index (χ1) is 11.1. The van der Waals surface area contributed by atoms with Gasteiger partial charge >= 0.3 is 0 Å². The number of carbonyl (C=O) groups excluding carboxylic acids is 2. The molecule has 118 valence electrons. The molecule has 23 heavy (non-hydrogen) atoms. The molecule has 1 fully saturated rings. The molecule has 2 aromatic rings. The third-order valence-corrected chi connectivity index (χ3v) is 4.22. The average molecular weight is 308 g/mol. The topological polar surface area (TPSA) is 49.4 Å². The molecule has 0 saturated carbocycles. The van der Waals surface area contributed by atoms with Crippen molar-refractivity contribution in [1.82, 2.24) is 10.2 Å². The lowest BCUT2D eigenvalue weighted by Crippen LogP contribution is -2.48. The number of likely N-dealkylation sites (tertiary alicyclic amines) is 1. The van der Waals surface area contributed by atoms with Crippen molar-refractivity contribution in [2.24, 2.45) is 0 Å². The number of carbonyl (C=O) groups is 2. The zero-order chi connectivity index (χ0) is 16.2. The monoisotopic (exact) mass is 308 g/mol. The van der Waals surface area contributed by atoms with Crippen LogP contribution in [-0.4, -0.2) is 36.3 Å². The summed E-state index contributed by atoms with van der Waals surface area (Å²) < 4.78 is 0. The number of hydrogen-bond donors (Lipinski definition) is 1. The van der Waals surface area contributed by atoms with Gasteiger partial charge in [0.15, 0.2) is 0 Å². The van der Waals surface area contributed by atoms with E-state index in [0.29, 0.717) is 24.9 Å². The van der Waals surface area contributed by atoms with Crippen LogP contribution in [0.15, 0.2) is 54.6 Å². The van der Waals surface area contributed by atoms with Gasteiger partial charge in [0, 0.05) is 31.6 Å². The predicted molar refractivity (Wildman–Crippen MR) is 90.0 cm³/mol. The van der Waals surface area contributed by atoms with E-state index < -0.39 is 0 Å². The highest BCUT2D eigenvalue weighted by Gasteiger charge is 2.25. The van der Waals surface area contributed by atoms with Crippen LogP contribution in [0.1, 0.15) is 23.2 Å². The van der Waals surface area contributed by atoms with Crippen molar-refractivity contribution in [3.8, 4) is 11.1 Å². The fourth-order valence-corrected chi connectivity index (χ4v) is 2.94. The molecule has 4 heteroatoms. The number of hydrogen-bond acceptors (Lipinski definition) is 2. The second kappa shape index (κ2) is 6.65. The minimum atomic E-state index is -0.0859. The molecule has 0 aromatic heterocycles. The summed E-state index contributed by atoms with van der Waals surface area (Å²) in [5.41, 5.74) is 2.61. The maximum Gasteiger partial charge on any atom is 0.252 e. The molecule has 0 radical (unpaired) electrons. The van der Waals surface area contributed by atoms with Gasteiger partial charge in [-0.05, 0) is 23.6 Å². The summed E-state index contributed by atoms with van der Waals surface area (Å²) in [5.74, 6) is 0.0531. The van der Waals surface area contributed by atoms with E-state index in [1.54, 1.807) is 11.9 Å². The minimum Gasteiger partial charge on any atom is -0.347 e. The molecular formula is C19H20N2O2. The second-order valence-corrected chi connectivity index (χ2v) is 5.89. The molecule has 0 bridgehead atoms. The molecule has 1 unspecified atom stereocenters. The van der Waals surface area contributed by atoms with Gasteiger partial charge in [-0.15, -0.1) is 0 Å². The minimum absolute atomic E-state index is 0.00836. The Labute approximate surface area is 136 Å². The molecule has 1 saturated heterocycles. The van der Waals surface area contributed by atoms with Crippen molar-refractivity contribution in [2.45, 2.75) is 18.9 Å². The molecular weight excluding hydrogens is 288 g/mol. The molecule has 1 aliphatic rings. The Kier molecular flexibility index (Phi) is 4.42. The van der Waals surface area contributed by atoms with Crippen molar-refractivity contribution >= 4 is 11.8 Å². The van der Waals surface area contributed by atoms with Crippen molar-refractivity contribution in [1.29, 1.82) is 0 Å². The predicted octanol–water partition coefficient (Wildman–Crippen LogP) is 2.70. The summed E-state index contributed by atoms with van der Waals surface area (Å²) in [7, 11) is 1.78. The summed E-state index contributed by atoms with van der Waals surface area (Å²) in [6, 6.07) is 17.5. The van der Waals surface area contributed by atoms with E-state index in [4.69, 9.17) is 0 Å². The van der Waals surface area contributed by atoms with Crippen LogP contribution in [0.25, 0.3) is 11.1 Å². The summed E-state index contributed by atoms with van der Waals surface area (Å²) in [6.45, 7) is 0.568. The van der Waals surface area contributed by atoms with E-state index in [1.807, 2.05) is 54.6 Å². The third-order valence-electron chi connectivity index (χ3n) is 4.22. The lowest BCUT2D eigenvalue weighted by atomic mass is 9.98. The van der Waals surface area contributed by atoms with E-state index >= 15 is 0 Å². The van der Waals surface area contributed by atoms with Crippen LogP contribution in [0.4, 0.5) is 0 Å². The lowest BCUT2D eigenvalue weighted by molar-refractivity contribution is -0.132. The lowest BCUT2D eigenvalue weighted by Gasteiger charge is -2.30. The Morgan fingerprint density at radius 3 is 2.52 bits per heavy atom. The SMILES string of the molecule is CN1CC(NC(=O)c2ccccc2-c2ccccc2)CCC1=O. The highest BCUT2D eigenvalue weighted by Crippen LogP contribution is 2.23. The van der Waals surface area contributed by atoms with Crippen molar-refractivity contribution in [3.05, 3.63) is 60.2 Å². The molecule has 1 heterocycles. The number of rotatable bonds is 3. The largest absolute Gasteiger partial charge is 0.347 e. The summed E-state index contributed by atoms with van der Waals surface area (Å²) in [4.78, 5) is 25.9. The zero-order valence-electron chi connectivity index (χ0n) is 13.2. The van der Waals surface area contributed by atoms with Gasteiger partial charge in [-0.25, -0.2) is 0 Å². The second-order valence-electron chi connectivity index (χ2n) is 5.89. The molecule has 1 atom stereocenters. The van der Waals surface area contributed by atoms with Crippen LogP contribution in [0.5, 0.6) is 0 Å². The van der Waals surface area contributed by atoms with Gasteiger partial charge in [0.05, 0.1) is 0 Å². The number of amides is 2. The van der Waals surface area contributed by atoms with Gasteiger partial charge in [0.1, 0.15) is 0 Å². The molecule has 2 aromatic carbocycles. The molecule has 2 amide bonds. The number of nitrogens with zero attached hydrogens (tertiary/aromatic N) is 1. The Morgan fingerprint density at radius 1 is 1.09 bits per heavy atom. The molecule has 4 nitrogen and oxygen atoms in total. The molecule has 3 rings (SSSR count). The quantitative estimate of drug-likeness (QED) is 0.948. The van der Waals surface area contributed by atoms with Gasteiger partial charge in [0.2, 0.25) is 5.91 Å². The van der Waals surface area contributed by atoms with E-state index in [0.717, 1.165) is 11.1 Å². The highest BCUT2D eigenvalue weighted by molar-refractivity contribution is 6.01. The summed E-state index contributed by atoms with van der Waals surface area (Å²) >= 11 is 0. The van der Waals surface area contributed by atoms with Crippen LogP contribution in [-0.2, 0) is 4.79 Å². The van der Waals surface area contributed by atoms with E-state index in [1.165, 1.54) is 0 Å². The number of benzene rings is 2. The van der Waals surface area contributed by atoms with Crippen molar-refractivity contribution in [3.63, 3.8) is 0 Å². The van der Waals surface area contributed by atoms with Crippen LogP contribution in [0.3, 0.4) is 0 Å². The standard InChI is InChI=1S/C19H20N2O2/c1-21-13-15(11-12-18(21)22)20-19(23)17-10-6-5-9-16(17)14-7-3-2-4-8-14/h2-10,15H,11-13H2,1H3,(H,20,23). The molecule has 0 aliphatic carbocycles. The first-order valence-corrected chi connectivity index (χ1v) is 7.84. The Bertz CT molecular complexity index is 712. The molecule has 0 spiro atoms. The molecule has 1 N–H and O–H groups in total. The molecule has 1 aliphatic heterocycles. The maximum atomic E-state index is 12.7. The summed E-state index contributed by atoms with van der Waals surface area (Å²) in [5, 5.41) is 3.06. The summed E-state index contributed by atoms with van der Waals surface area (Å²) in [6.07, 6.45) is 1.18. The van der Waals surface area contributed by atoms with Crippen LogP contribution in [0.2, 0.25) is 0 Å². The Hall–Kier alpha value is -2.62. The number of nitrogens with one attached hydrogen (secondary N) is 1. The number of likely N-dealkylation sites (N-methyl/N-ethyl adjacent to an activating group) is 1. The Balaban J connectivity index is 1.79. The van der Waals surface area contributed by atoms with Crippen LogP contribution in [0, 0.1) is 0 Å².